The molecule has 2 heterocycles. The van der Waals surface area contributed by atoms with Crippen molar-refractivity contribution in [3.63, 3.8) is 0 Å². The third-order valence-electron chi connectivity index (χ3n) is 7.17. The van der Waals surface area contributed by atoms with Crippen LogP contribution in [-0.4, -0.2) is 48.6 Å². The fraction of sp³-hybridized carbons (Fsp3) is 0.538. The van der Waals surface area contributed by atoms with E-state index < -0.39 is 5.97 Å². The molecule has 0 radical (unpaired) electrons. The fourth-order valence-electron chi connectivity index (χ4n) is 5.02. The van der Waals surface area contributed by atoms with Crippen LogP contribution in [0.3, 0.4) is 0 Å². The first-order valence-electron chi connectivity index (χ1n) is 11.8. The van der Waals surface area contributed by atoms with Crippen molar-refractivity contribution >= 4 is 28.9 Å². The van der Waals surface area contributed by atoms with Crippen molar-refractivity contribution in [2.75, 3.05) is 31.6 Å². The van der Waals surface area contributed by atoms with E-state index in [-0.39, 0.29) is 16.7 Å². The predicted octanol–water partition coefficient (Wildman–Crippen LogP) is 5.61. The van der Waals surface area contributed by atoms with Crippen LogP contribution in [0.4, 0.5) is 5.69 Å². The normalized spacial score (nSPS) is 22.6. The van der Waals surface area contributed by atoms with Gasteiger partial charge in [0.15, 0.2) is 0 Å². The van der Waals surface area contributed by atoms with Crippen LogP contribution in [0.2, 0.25) is 0 Å². The SMILES string of the molecule is CC1CCC(C(=O)N(CC2CCN(C)CC2)c2cc(-c3ccccc3)sc2C(=O)O)CC1. The lowest BCUT2D eigenvalue weighted by molar-refractivity contribution is -0.123. The number of hydrogen-bond acceptors (Lipinski definition) is 4. The van der Waals surface area contributed by atoms with E-state index in [0.717, 1.165) is 62.1 Å². The molecule has 0 unspecified atom stereocenters. The van der Waals surface area contributed by atoms with Gasteiger partial charge in [0, 0.05) is 17.3 Å². The smallest absolute Gasteiger partial charge is 0.348 e. The molecule has 1 aliphatic carbocycles. The number of hydrogen-bond donors (Lipinski definition) is 1. The second-order valence-corrected chi connectivity index (χ2v) is 10.7. The number of nitrogens with zero attached hydrogens (tertiary/aromatic N) is 2. The monoisotopic (exact) mass is 454 g/mol. The number of aromatic carboxylic acids is 1. The van der Waals surface area contributed by atoms with Crippen LogP contribution < -0.4 is 4.90 Å². The van der Waals surface area contributed by atoms with Crippen LogP contribution in [-0.2, 0) is 4.79 Å². The standard InChI is InChI=1S/C26H34N2O3S/c1-18-8-10-21(11-9-18)25(29)28(17-19-12-14-27(2)15-13-19)22-16-23(32-24(22)26(30)31)20-6-4-3-5-7-20/h3-7,16,18-19,21H,8-15,17H2,1-2H3,(H,30,31). The Morgan fingerprint density at radius 2 is 1.72 bits per heavy atom. The maximum atomic E-state index is 13.8. The van der Waals surface area contributed by atoms with E-state index in [1.165, 1.54) is 11.3 Å². The van der Waals surface area contributed by atoms with Crippen molar-refractivity contribution in [2.24, 2.45) is 17.8 Å². The van der Waals surface area contributed by atoms with Gasteiger partial charge in [-0.3, -0.25) is 4.79 Å². The first-order valence-corrected chi connectivity index (χ1v) is 12.7. The summed E-state index contributed by atoms with van der Waals surface area (Å²) < 4.78 is 0. The molecule has 1 N–H and O–H groups in total. The Morgan fingerprint density at radius 3 is 2.34 bits per heavy atom. The highest BCUT2D eigenvalue weighted by Gasteiger charge is 2.34. The summed E-state index contributed by atoms with van der Waals surface area (Å²) in [5.41, 5.74) is 1.58. The average Bonchev–Trinajstić information content (AvgIpc) is 3.25. The fourth-order valence-corrected chi connectivity index (χ4v) is 6.02. The van der Waals surface area contributed by atoms with Gasteiger partial charge >= 0.3 is 5.97 Å². The van der Waals surface area contributed by atoms with E-state index in [9.17, 15) is 14.7 Å². The molecule has 1 saturated carbocycles. The number of piperidine rings is 1. The third-order valence-corrected chi connectivity index (χ3v) is 8.33. The van der Waals surface area contributed by atoms with E-state index in [4.69, 9.17) is 0 Å². The molecule has 1 amide bonds. The zero-order chi connectivity index (χ0) is 22.7. The van der Waals surface area contributed by atoms with Gasteiger partial charge in [-0.15, -0.1) is 11.3 Å². The summed E-state index contributed by atoms with van der Waals surface area (Å²) in [6.45, 7) is 4.92. The van der Waals surface area contributed by atoms with Crippen molar-refractivity contribution in [3.05, 3.63) is 41.3 Å². The van der Waals surface area contributed by atoms with Gasteiger partial charge in [0.1, 0.15) is 4.88 Å². The van der Waals surface area contributed by atoms with Gasteiger partial charge in [0.05, 0.1) is 5.69 Å². The van der Waals surface area contributed by atoms with Crippen LogP contribution in [0.1, 0.15) is 55.1 Å². The Kier molecular flexibility index (Phi) is 7.31. The number of anilines is 1. The first-order chi connectivity index (χ1) is 15.4. The Morgan fingerprint density at radius 1 is 1.06 bits per heavy atom. The minimum Gasteiger partial charge on any atom is -0.477 e. The number of likely N-dealkylation sites (tertiary alicyclic amines) is 1. The van der Waals surface area contributed by atoms with Crippen molar-refractivity contribution < 1.29 is 14.7 Å². The van der Waals surface area contributed by atoms with Crippen LogP contribution >= 0.6 is 11.3 Å². The summed E-state index contributed by atoms with van der Waals surface area (Å²) in [4.78, 5) is 31.4. The molecule has 32 heavy (non-hydrogen) atoms. The molecule has 0 atom stereocenters. The summed E-state index contributed by atoms with van der Waals surface area (Å²) in [5, 5.41) is 10.0. The molecular weight excluding hydrogens is 420 g/mol. The number of thiophene rings is 1. The van der Waals surface area contributed by atoms with Crippen molar-refractivity contribution in [3.8, 4) is 10.4 Å². The largest absolute Gasteiger partial charge is 0.477 e. The van der Waals surface area contributed by atoms with Gasteiger partial charge in [0.25, 0.3) is 0 Å². The van der Waals surface area contributed by atoms with Crippen LogP contribution in [0.25, 0.3) is 10.4 Å². The van der Waals surface area contributed by atoms with Gasteiger partial charge in [-0.25, -0.2) is 4.79 Å². The number of carbonyl (C=O) groups is 2. The highest BCUT2D eigenvalue weighted by molar-refractivity contribution is 7.18. The average molecular weight is 455 g/mol. The molecule has 172 valence electrons. The van der Waals surface area contributed by atoms with Crippen molar-refractivity contribution in [1.29, 1.82) is 0 Å². The second kappa shape index (κ2) is 10.2. The molecule has 0 bridgehead atoms. The maximum absolute atomic E-state index is 13.8. The minimum absolute atomic E-state index is 0.000755. The molecule has 1 aromatic heterocycles. The summed E-state index contributed by atoms with van der Waals surface area (Å²) in [7, 11) is 2.13. The lowest BCUT2D eigenvalue weighted by atomic mass is 9.82. The molecule has 0 spiro atoms. The lowest BCUT2D eigenvalue weighted by Crippen LogP contribution is -2.43. The third kappa shape index (κ3) is 5.24. The van der Waals surface area contributed by atoms with Crippen molar-refractivity contribution in [2.45, 2.75) is 45.4 Å². The highest BCUT2D eigenvalue weighted by atomic mass is 32.1. The van der Waals surface area contributed by atoms with Gasteiger partial charge < -0.3 is 14.9 Å². The van der Waals surface area contributed by atoms with E-state index in [1.807, 2.05) is 41.3 Å². The molecule has 2 aromatic rings. The Bertz CT molecular complexity index is 926. The zero-order valence-electron chi connectivity index (χ0n) is 19.1. The van der Waals surface area contributed by atoms with E-state index in [1.54, 1.807) is 0 Å². The molecular formula is C26H34N2O3S. The number of benzene rings is 1. The van der Waals surface area contributed by atoms with Gasteiger partial charge in [-0.1, -0.05) is 37.3 Å². The zero-order valence-corrected chi connectivity index (χ0v) is 19.9. The Labute approximate surface area is 195 Å². The number of carbonyl (C=O) groups excluding carboxylic acids is 1. The molecule has 2 fully saturated rings. The molecule has 5 nitrogen and oxygen atoms in total. The molecule has 1 saturated heterocycles. The molecule has 6 heteroatoms. The molecule has 4 rings (SSSR count). The van der Waals surface area contributed by atoms with Crippen molar-refractivity contribution in [1.82, 2.24) is 4.90 Å². The van der Waals surface area contributed by atoms with Crippen LogP contribution in [0.15, 0.2) is 36.4 Å². The maximum Gasteiger partial charge on any atom is 0.348 e. The summed E-state index contributed by atoms with van der Waals surface area (Å²) in [5.74, 6) is 0.238. The molecule has 1 aromatic carbocycles. The highest BCUT2D eigenvalue weighted by Crippen LogP contribution is 2.39. The lowest BCUT2D eigenvalue weighted by Gasteiger charge is -2.36. The first kappa shape index (κ1) is 23.0. The summed E-state index contributed by atoms with van der Waals surface area (Å²) in [6.07, 6.45) is 6.04. The van der Waals surface area contributed by atoms with Crippen LogP contribution in [0, 0.1) is 17.8 Å². The summed E-state index contributed by atoms with van der Waals surface area (Å²) >= 11 is 1.27. The Balaban J connectivity index is 1.67. The number of amides is 1. The topological polar surface area (TPSA) is 60.9 Å². The molecule has 1 aliphatic heterocycles. The van der Waals surface area contributed by atoms with Gasteiger partial charge in [-0.2, -0.15) is 0 Å². The number of rotatable bonds is 6. The minimum atomic E-state index is -0.953. The predicted molar refractivity (Wildman–Crippen MR) is 130 cm³/mol. The van der Waals surface area contributed by atoms with Gasteiger partial charge in [0.2, 0.25) is 5.91 Å². The number of carboxylic acid groups (broad SMARTS) is 1. The Hall–Kier alpha value is -2.18. The van der Waals surface area contributed by atoms with E-state index >= 15 is 0 Å². The quantitative estimate of drug-likeness (QED) is 0.616. The van der Waals surface area contributed by atoms with E-state index in [0.29, 0.717) is 24.1 Å². The van der Waals surface area contributed by atoms with E-state index in [2.05, 4.69) is 18.9 Å². The molecule has 2 aliphatic rings. The number of carboxylic acids is 1. The van der Waals surface area contributed by atoms with Gasteiger partial charge in [-0.05, 0) is 82.1 Å². The second-order valence-electron chi connectivity index (χ2n) is 9.65. The van der Waals surface area contributed by atoms with Crippen LogP contribution in [0.5, 0.6) is 0 Å². The summed E-state index contributed by atoms with van der Waals surface area (Å²) in [6, 6.07) is 11.8.